The van der Waals surface area contributed by atoms with Crippen LogP contribution in [-0.2, 0) is 5.41 Å². The van der Waals surface area contributed by atoms with Crippen LogP contribution in [0.5, 0.6) is 0 Å². The number of benzene rings is 1. The number of hydrogen-bond donors (Lipinski definition) is 1. The van der Waals surface area contributed by atoms with Gasteiger partial charge in [-0.15, -0.1) is 6.42 Å². The van der Waals surface area contributed by atoms with Gasteiger partial charge in [0.05, 0.1) is 6.04 Å². The topological polar surface area (TPSA) is 29.1 Å². The fraction of sp³-hybridized carbons (Fsp3) is 0.438. The molecule has 2 nitrogen and oxygen atoms in total. The third-order valence-corrected chi connectivity index (χ3v) is 2.93. The number of nitrogens with one attached hydrogen (secondary N) is 1. The largest absolute Gasteiger partial charge is 0.338 e. The van der Waals surface area contributed by atoms with Crippen molar-refractivity contribution in [1.82, 2.24) is 5.32 Å². The molecule has 18 heavy (non-hydrogen) atoms. The van der Waals surface area contributed by atoms with E-state index in [1.165, 1.54) is 5.56 Å². The zero-order chi connectivity index (χ0) is 13.8. The second-order valence-corrected chi connectivity index (χ2v) is 5.43. The first kappa shape index (κ1) is 14.3. The molecule has 1 aromatic rings. The molecule has 0 fully saturated rings. The highest BCUT2D eigenvalue weighted by Gasteiger charge is 2.15. The van der Waals surface area contributed by atoms with Gasteiger partial charge < -0.3 is 5.32 Å². The summed E-state index contributed by atoms with van der Waals surface area (Å²) in [5, 5.41) is 2.82. The Morgan fingerprint density at radius 1 is 1.33 bits per heavy atom. The Bertz CT molecular complexity index is 445. The van der Waals surface area contributed by atoms with E-state index in [0.717, 1.165) is 6.42 Å². The van der Waals surface area contributed by atoms with Gasteiger partial charge in [-0.2, -0.15) is 0 Å². The van der Waals surface area contributed by atoms with Crippen LogP contribution >= 0.6 is 0 Å². The number of carbonyl (C=O) groups is 1. The van der Waals surface area contributed by atoms with Gasteiger partial charge in [0, 0.05) is 5.56 Å². The molecule has 1 rings (SSSR count). The first-order valence-electron chi connectivity index (χ1n) is 6.26. The maximum Gasteiger partial charge on any atom is 0.252 e. The summed E-state index contributed by atoms with van der Waals surface area (Å²) in [6, 6.07) is 7.48. The van der Waals surface area contributed by atoms with Crippen molar-refractivity contribution in [2.45, 2.75) is 45.6 Å². The van der Waals surface area contributed by atoms with Crippen molar-refractivity contribution in [2.75, 3.05) is 0 Å². The Balaban J connectivity index is 2.80. The molecule has 1 amide bonds. The van der Waals surface area contributed by atoms with Crippen molar-refractivity contribution in [3.05, 3.63) is 35.4 Å². The van der Waals surface area contributed by atoms with Gasteiger partial charge in [-0.05, 0) is 29.5 Å². The van der Waals surface area contributed by atoms with Crippen molar-refractivity contribution in [3.63, 3.8) is 0 Å². The maximum atomic E-state index is 11.9. The standard InChI is InChI=1S/C16H21NO/c1-6-14(7-2)17-15(18)12-8-10-13(11-9-12)16(3,4)5/h1,8-11,14H,7H2,2-5H3,(H,17,18). The average molecular weight is 243 g/mol. The molecule has 0 aliphatic rings. The molecule has 2 heteroatoms. The van der Waals surface area contributed by atoms with Crippen LogP contribution in [-0.4, -0.2) is 11.9 Å². The van der Waals surface area contributed by atoms with E-state index in [1.807, 2.05) is 31.2 Å². The van der Waals surface area contributed by atoms with E-state index in [-0.39, 0.29) is 17.4 Å². The second kappa shape index (κ2) is 5.73. The van der Waals surface area contributed by atoms with Crippen molar-refractivity contribution >= 4 is 5.91 Å². The molecule has 0 radical (unpaired) electrons. The van der Waals surface area contributed by atoms with E-state index >= 15 is 0 Å². The van der Waals surface area contributed by atoms with Gasteiger partial charge in [0.15, 0.2) is 0 Å². The molecule has 1 atom stereocenters. The first-order chi connectivity index (χ1) is 8.38. The predicted octanol–water partition coefficient (Wildman–Crippen LogP) is 3.13. The van der Waals surface area contributed by atoms with Gasteiger partial charge in [0.1, 0.15) is 0 Å². The summed E-state index contributed by atoms with van der Waals surface area (Å²) in [5.41, 5.74) is 1.96. The lowest BCUT2D eigenvalue weighted by atomic mass is 9.86. The Hall–Kier alpha value is -1.75. The highest BCUT2D eigenvalue weighted by molar-refractivity contribution is 5.94. The van der Waals surface area contributed by atoms with E-state index in [2.05, 4.69) is 32.0 Å². The van der Waals surface area contributed by atoms with Gasteiger partial charge >= 0.3 is 0 Å². The van der Waals surface area contributed by atoms with E-state index in [4.69, 9.17) is 6.42 Å². The smallest absolute Gasteiger partial charge is 0.252 e. The van der Waals surface area contributed by atoms with Crippen LogP contribution in [0.15, 0.2) is 24.3 Å². The lowest BCUT2D eigenvalue weighted by Crippen LogP contribution is -2.33. The zero-order valence-electron chi connectivity index (χ0n) is 11.6. The Morgan fingerprint density at radius 2 is 1.89 bits per heavy atom. The van der Waals surface area contributed by atoms with Gasteiger partial charge in [-0.25, -0.2) is 0 Å². The van der Waals surface area contributed by atoms with Gasteiger partial charge in [-0.1, -0.05) is 45.7 Å². The van der Waals surface area contributed by atoms with Crippen LogP contribution in [0.25, 0.3) is 0 Å². The lowest BCUT2D eigenvalue weighted by Gasteiger charge is -2.19. The number of carbonyl (C=O) groups excluding carboxylic acids is 1. The molecular formula is C16H21NO. The molecule has 1 aromatic carbocycles. The van der Waals surface area contributed by atoms with Gasteiger partial charge in [0.2, 0.25) is 0 Å². The van der Waals surface area contributed by atoms with Crippen molar-refractivity contribution in [1.29, 1.82) is 0 Å². The normalized spacial score (nSPS) is 12.6. The fourth-order valence-electron chi connectivity index (χ4n) is 1.62. The Morgan fingerprint density at radius 3 is 2.28 bits per heavy atom. The SMILES string of the molecule is C#CC(CC)NC(=O)c1ccc(C(C)(C)C)cc1. The minimum Gasteiger partial charge on any atom is -0.338 e. The Kier molecular flexibility index (Phi) is 4.55. The summed E-state index contributed by atoms with van der Waals surface area (Å²) in [5.74, 6) is 2.45. The van der Waals surface area contributed by atoms with Gasteiger partial charge in [-0.3, -0.25) is 4.79 Å². The third kappa shape index (κ3) is 3.63. The van der Waals surface area contributed by atoms with Crippen LogP contribution in [0.3, 0.4) is 0 Å². The van der Waals surface area contributed by atoms with Crippen LogP contribution in [0.1, 0.15) is 50.0 Å². The van der Waals surface area contributed by atoms with Gasteiger partial charge in [0.25, 0.3) is 5.91 Å². The molecule has 0 bridgehead atoms. The quantitative estimate of drug-likeness (QED) is 0.812. The number of hydrogen-bond acceptors (Lipinski definition) is 1. The van der Waals surface area contributed by atoms with E-state index in [0.29, 0.717) is 5.56 Å². The molecule has 0 saturated carbocycles. The van der Waals surface area contributed by atoms with E-state index in [1.54, 1.807) is 0 Å². The van der Waals surface area contributed by atoms with Crippen LogP contribution in [0.4, 0.5) is 0 Å². The van der Waals surface area contributed by atoms with Crippen LogP contribution < -0.4 is 5.32 Å². The molecule has 1 unspecified atom stereocenters. The molecule has 0 saturated heterocycles. The second-order valence-electron chi connectivity index (χ2n) is 5.43. The van der Waals surface area contributed by atoms with Crippen molar-refractivity contribution in [3.8, 4) is 12.3 Å². The molecule has 0 heterocycles. The summed E-state index contributed by atoms with van der Waals surface area (Å²) in [6.07, 6.45) is 6.06. The molecule has 0 spiro atoms. The molecule has 0 aromatic heterocycles. The highest BCUT2D eigenvalue weighted by Crippen LogP contribution is 2.22. The maximum absolute atomic E-state index is 11.9. The summed E-state index contributed by atoms with van der Waals surface area (Å²) in [7, 11) is 0. The molecule has 0 aliphatic heterocycles. The monoisotopic (exact) mass is 243 g/mol. The zero-order valence-corrected chi connectivity index (χ0v) is 11.6. The summed E-state index contributed by atoms with van der Waals surface area (Å²) in [4.78, 5) is 11.9. The fourth-order valence-corrected chi connectivity index (χ4v) is 1.62. The molecule has 96 valence electrons. The molecule has 1 N–H and O–H groups in total. The average Bonchev–Trinajstić information content (AvgIpc) is 2.34. The lowest BCUT2D eigenvalue weighted by molar-refractivity contribution is 0.0945. The predicted molar refractivity (Wildman–Crippen MR) is 75.5 cm³/mol. The minimum absolute atomic E-state index is 0.0970. The Labute approximate surface area is 110 Å². The van der Waals surface area contributed by atoms with E-state index < -0.39 is 0 Å². The summed E-state index contributed by atoms with van der Waals surface area (Å²) < 4.78 is 0. The molecule has 0 aliphatic carbocycles. The number of amides is 1. The van der Waals surface area contributed by atoms with Crippen LogP contribution in [0, 0.1) is 12.3 Å². The van der Waals surface area contributed by atoms with Crippen molar-refractivity contribution < 1.29 is 4.79 Å². The number of rotatable bonds is 3. The third-order valence-electron chi connectivity index (χ3n) is 2.93. The number of terminal acetylenes is 1. The minimum atomic E-state index is -0.195. The molecular weight excluding hydrogens is 222 g/mol. The summed E-state index contributed by atoms with van der Waals surface area (Å²) >= 11 is 0. The highest BCUT2D eigenvalue weighted by atomic mass is 16.1. The first-order valence-corrected chi connectivity index (χ1v) is 6.26. The van der Waals surface area contributed by atoms with Crippen molar-refractivity contribution in [2.24, 2.45) is 0 Å². The van der Waals surface area contributed by atoms with E-state index in [9.17, 15) is 4.79 Å². The summed E-state index contributed by atoms with van der Waals surface area (Å²) in [6.45, 7) is 8.39. The van der Waals surface area contributed by atoms with Crippen LogP contribution in [0.2, 0.25) is 0 Å².